The molecule has 0 unspecified atom stereocenters. The molecular weight excluding hydrogens is 254 g/mol. The number of rotatable bonds is 2. The van der Waals surface area contributed by atoms with Crippen LogP contribution in [0.3, 0.4) is 0 Å². The van der Waals surface area contributed by atoms with E-state index in [-0.39, 0.29) is 0 Å². The standard InChI is InChI=1S/C15H21N3S/c1-15(2)6-3-7-18(10-15)9-11-4-5-12-13(8-11)19-14(16)17-12/h4-5,8H,3,6-7,9-10H2,1-2H3,(H2,16,17). The lowest BCUT2D eigenvalue weighted by atomic mass is 9.84. The van der Waals surface area contributed by atoms with Gasteiger partial charge >= 0.3 is 0 Å². The average Bonchev–Trinajstić information content (AvgIpc) is 2.67. The van der Waals surface area contributed by atoms with Gasteiger partial charge in [0.2, 0.25) is 0 Å². The smallest absolute Gasteiger partial charge is 0.181 e. The Morgan fingerprint density at radius 1 is 1.42 bits per heavy atom. The van der Waals surface area contributed by atoms with Crippen LogP contribution in [0.2, 0.25) is 0 Å². The van der Waals surface area contributed by atoms with Gasteiger partial charge in [-0.3, -0.25) is 4.90 Å². The number of nitrogens with two attached hydrogens (primary N) is 1. The molecular formula is C15H21N3S. The third kappa shape index (κ3) is 2.90. The van der Waals surface area contributed by atoms with Gasteiger partial charge in [-0.1, -0.05) is 31.3 Å². The predicted octanol–water partition coefficient (Wildman–Crippen LogP) is 3.50. The molecule has 3 nitrogen and oxygen atoms in total. The molecule has 0 saturated carbocycles. The van der Waals surface area contributed by atoms with Gasteiger partial charge in [-0.25, -0.2) is 4.98 Å². The van der Waals surface area contributed by atoms with E-state index in [0.717, 1.165) is 12.1 Å². The number of nitrogen functional groups attached to an aromatic ring is 1. The molecule has 0 aliphatic carbocycles. The van der Waals surface area contributed by atoms with Crippen molar-refractivity contribution in [1.29, 1.82) is 0 Å². The summed E-state index contributed by atoms with van der Waals surface area (Å²) in [6, 6.07) is 6.51. The zero-order chi connectivity index (χ0) is 13.5. The van der Waals surface area contributed by atoms with Crippen LogP contribution >= 0.6 is 11.3 Å². The maximum absolute atomic E-state index is 5.76. The Kier molecular flexibility index (Phi) is 3.23. The van der Waals surface area contributed by atoms with Crippen LogP contribution in [0.1, 0.15) is 32.3 Å². The van der Waals surface area contributed by atoms with E-state index < -0.39 is 0 Å². The third-order valence-electron chi connectivity index (χ3n) is 3.86. The van der Waals surface area contributed by atoms with Crippen LogP contribution in [0.15, 0.2) is 18.2 Å². The summed E-state index contributed by atoms with van der Waals surface area (Å²) in [4.78, 5) is 6.87. The minimum absolute atomic E-state index is 0.456. The Labute approximate surface area is 118 Å². The number of nitrogens with zero attached hydrogens (tertiary/aromatic N) is 2. The largest absolute Gasteiger partial charge is 0.375 e. The van der Waals surface area contributed by atoms with E-state index in [2.05, 4.69) is 41.9 Å². The summed E-state index contributed by atoms with van der Waals surface area (Å²) in [5.74, 6) is 0. The van der Waals surface area contributed by atoms with Crippen LogP contribution in [-0.2, 0) is 6.54 Å². The molecule has 1 aliphatic rings. The summed E-state index contributed by atoms with van der Waals surface area (Å²) in [5.41, 5.74) is 8.60. The number of hydrogen-bond acceptors (Lipinski definition) is 4. The molecule has 0 radical (unpaired) electrons. The van der Waals surface area contributed by atoms with E-state index in [1.165, 1.54) is 36.2 Å². The van der Waals surface area contributed by atoms with Crippen LogP contribution in [0.5, 0.6) is 0 Å². The fraction of sp³-hybridized carbons (Fsp3) is 0.533. The maximum Gasteiger partial charge on any atom is 0.181 e. The number of benzene rings is 1. The van der Waals surface area contributed by atoms with Crippen molar-refractivity contribution < 1.29 is 0 Å². The van der Waals surface area contributed by atoms with Crippen molar-refractivity contribution >= 4 is 26.7 Å². The molecule has 2 aromatic rings. The summed E-state index contributed by atoms with van der Waals surface area (Å²) in [6.45, 7) is 8.18. The summed E-state index contributed by atoms with van der Waals surface area (Å²) in [7, 11) is 0. The Hall–Kier alpha value is -1.13. The maximum atomic E-state index is 5.76. The van der Waals surface area contributed by atoms with Gasteiger partial charge in [0.15, 0.2) is 5.13 Å². The number of fused-ring (bicyclic) bond motifs is 1. The topological polar surface area (TPSA) is 42.2 Å². The molecule has 4 heteroatoms. The third-order valence-corrected chi connectivity index (χ3v) is 4.70. The Morgan fingerprint density at radius 2 is 2.26 bits per heavy atom. The molecule has 0 atom stereocenters. The number of hydrogen-bond donors (Lipinski definition) is 1. The van der Waals surface area contributed by atoms with Crippen LogP contribution < -0.4 is 5.73 Å². The molecule has 0 spiro atoms. The highest BCUT2D eigenvalue weighted by Gasteiger charge is 2.26. The Morgan fingerprint density at radius 3 is 3.05 bits per heavy atom. The summed E-state index contributed by atoms with van der Waals surface area (Å²) < 4.78 is 1.20. The van der Waals surface area contributed by atoms with Crippen molar-refractivity contribution in [2.75, 3.05) is 18.8 Å². The first kappa shape index (κ1) is 12.9. The summed E-state index contributed by atoms with van der Waals surface area (Å²) in [6.07, 6.45) is 2.65. The molecule has 1 aromatic heterocycles. The van der Waals surface area contributed by atoms with Gasteiger partial charge in [0.05, 0.1) is 10.2 Å². The Bertz CT molecular complexity index is 588. The van der Waals surface area contributed by atoms with Crippen molar-refractivity contribution in [3.63, 3.8) is 0 Å². The summed E-state index contributed by atoms with van der Waals surface area (Å²) >= 11 is 1.58. The predicted molar refractivity (Wildman–Crippen MR) is 82.3 cm³/mol. The molecule has 102 valence electrons. The van der Waals surface area contributed by atoms with Crippen molar-refractivity contribution in [2.45, 2.75) is 33.2 Å². The van der Waals surface area contributed by atoms with Crippen LogP contribution in [0.4, 0.5) is 5.13 Å². The molecule has 0 amide bonds. The van der Waals surface area contributed by atoms with Gasteiger partial charge in [-0.05, 0) is 42.5 Å². The number of likely N-dealkylation sites (tertiary alicyclic amines) is 1. The molecule has 19 heavy (non-hydrogen) atoms. The summed E-state index contributed by atoms with van der Waals surface area (Å²) in [5, 5.41) is 0.659. The van der Waals surface area contributed by atoms with Gasteiger partial charge < -0.3 is 5.73 Å². The number of thiazole rings is 1. The first-order valence-electron chi connectivity index (χ1n) is 6.89. The number of aromatic nitrogens is 1. The molecule has 3 rings (SSSR count). The molecule has 0 bridgehead atoms. The van der Waals surface area contributed by atoms with Crippen molar-refractivity contribution in [3.8, 4) is 0 Å². The fourth-order valence-electron chi connectivity index (χ4n) is 3.02. The highest BCUT2D eigenvalue weighted by Crippen LogP contribution is 2.30. The first-order valence-corrected chi connectivity index (χ1v) is 7.71. The minimum atomic E-state index is 0.456. The molecule has 1 fully saturated rings. The lowest BCUT2D eigenvalue weighted by molar-refractivity contribution is 0.112. The Balaban J connectivity index is 1.77. The number of piperidine rings is 1. The lowest BCUT2D eigenvalue weighted by Crippen LogP contribution is -2.39. The second kappa shape index (κ2) is 4.76. The van der Waals surface area contributed by atoms with Gasteiger partial charge in [-0.2, -0.15) is 0 Å². The van der Waals surface area contributed by atoms with Crippen molar-refractivity contribution in [2.24, 2.45) is 5.41 Å². The monoisotopic (exact) mass is 275 g/mol. The number of anilines is 1. The van der Waals surface area contributed by atoms with E-state index in [9.17, 15) is 0 Å². The average molecular weight is 275 g/mol. The van der Waals surface area contributed by atoms with E-state index in [1.54, 1.807) is 11.3 Å². The van der Waals surface area contributed by atoms with Gasteiger partial charge in [0.1, 0.15) is 0 Å². The van der Waals surface area contributed by atoms with E-state index in [4.69, 9.17) is 5.73 Å². The lowest BCUT2D eigenvalue weighted by Gasteiger charge is -2.38. The van der Waals surface area contributed by atoms with Gasteiger partial charge in [-0.15, -0.1) is 0 Å². The molecule has 2 heterocycles. The second-order valence-corrected chi connectivity index (χ2v) is 7.39. The van der Waals surface area contributed by atoms with Gasteiger partial charge in [0.25, 0.3) is 0 Å². The SMILES string of the molecule is CC1(C)CCCN(Cc2ccc3nc(N)sc3c2)C1. The zero-order valence-corrected chi connectivity index (χ0v) is 12.5. The molecule has 1 saturated heterocycles. The first-order chi connectivity index (χ1) is 9.02. The van der Waals surface area contributed by atoms with Gasteiger partial charge in [0, 0.05) is 13.1 Å². The normalized spacial score (nSPS) is 19.9. The van der Waals surface area contributed by atoms with E-state index >= 15 is 0 Å². The molecule has 1 aliphatic heterocycles. The molecule has 1 aromatic carbocycles. The minimum Gasteiger partial charge on any atom is -0.375 e. The second-order valence-electron chi connectivity index (χ2n) is 6.33. The fourth-order valence-corrected chi connectivity index (χ4v) is 3.82. The van der Waals surface area contributed by atoms with Crippen LogP contribution in [0, 0.1) is 5.41 Å². The van der Waals surface area contributed by atoms with Crippen LogP contribution in [-0.4, -0.2) is 23.0 Å². The molecule has 2 N–H and O–H groups in total. The van der Waals surface area contributed by atoms with Crippen LogP contribution in [0.25, 0.3) is 10.2 Å². The highest BCUT2D eigenvalue weighted by molar-refractivity contribution is 7.22. The quantitative estimate of drug-likeness (QED) is 0.912. The zero-order valence-electron chi connectivity index (χ0n) is 11.6. The van der Waals surface area contributed by atoms with E-state index in [1.807, 2.05) is 0 Å². The highest BCUT2D eigenvalue weighted by atomic mass is 32.1. The van der Waals surface area contributed by atoms with E-state index in [0.29, 0.717) is 10.5 Å². The van der Waals surface area contributed by atoms with Crippen molar-refractivity contribution in [3.05, 3.63) is 23.8 Å². The van der Waals surface area contributed by atoms with Crippen molar-refractivity contribution in [1.82, 2.24) is 9.88 Å².